The van der Waals surface area contributed by atoms with Gasteiger partial charge >= 0.3 is 0 Å². The van der Waals surface area contributed by atoms with Crippen molar-refractivity contribution in [2.75, 3.05) is 11.9 Å². The largest absolute Gasteiger partial charge is 0.370 e. The first-order chi connectivity index (χ1) is 10.1. The lowest BCUT2D eigenvalue weighted by molar-refractivity contribution is 0.589. The summed E-state index contributed by atoms with van der Waals surface area (Å²) in [5.74, 6) is 0. The zero-order valence-corrected chi connectivity index (χ0v) is 13.6. The third-order valence-corrected chi connectivity index (χ3v) is 3.68. The van der Waals surface area contributed by atoms with Gasteiger partial charge in [-0.2, -0.15) is 0 Å². The van der Waals surface area contributed by atoms with Crippen molar-refractivity contribution in [3.8, 4) is 0 Å². The second-order valence-corrected chi connectivity index (χ2v) is 5.99. The van der Waals surface area contributed by atoms with Crippen molar-refractivity contribution in [3.05, 3.63) is 65.2 Å². The smallest absolute Gasteiger partial charge is 0.0426 e. The minimum atomic E-state index is 0.525. The number of benzene rings is 2. The van der Waals surface area contributed by atoms with Crippen molar-refractivity contribution in [1.29, 1.82) is 0 Å². The number of nitrogens with zero attached hydrogens (tertiary/aromatic N) is 1. The number of rotatable bonds is 6. The van der Waals surface area contributed by atoms with Gasteiger partial charge in [0.1, 0.15) is 0 Å². The molecule has 0 saturated carbocycles. The molecule has 0 spiro atoms. The van der Waals surface area contributed by atoms with Crippen LogP contribution in [0.3, 0.4) is 0 Å². The predicted octanol–water partition coefficient (Wildman–Crippen LogP) is 4.13. The molecule has 0 radical (unpaired) electrons. The molecule has 2 heteroatoms. The molecule has 2 rings (SSSR count). The van der Waals surface area contributed by atoms with Crippen LogP contribution in [-0.2, 0) is 13.1 Å². The second kappa shape index (κ2) is 7.28. The number of nitrogens with one attached hydrogen (secondary N) is 1. The summed E-state index contributed by atoms with van der Waals surface area (Å²) in [6.07, 6.45) is 0. The lowest BCUT2D eigenvalue weighted by Crippen LogP contribution is -2.21. The van der Waals surface area contributed by atoms with E-state index in [0.29, 0.717) is 6.04 Å². The molecule has 1 N–H and O–H groups in total. The Kier molecular flexibility index (Phi) is 5.40. The summed E-state index contributed by atoms with van der Waals surface area (Å²) >= 11 is 0. The van der Waals surface area contributed by atoms with Crippen LogP contribution in [0, 0.1) is 6.92 Å². The van der Waals surface area contributed by atoms with Gasteiger partial charge in [-0.25, -0.2) is 0 Å². The van der Waals surface area contributed by atoms with Crippen LogP contribution in [-0.4, -0.2) is 13.1 Å². The normalized spacial score (nSPS) is 10.9. The van der Waals surface area contributed by atoms with Crippen LogP contribution in [0.2, 0.25) is 0 Å². The van der Waals surface area contributed by atoms with Crippen LogP contribution in [0.4, 0.5) is 5.69 Å². The number of hydrogen-bond donors (Lipinski definition) is 1. The lowest BCUT2D eigenvalue weighted by atomic mass is 10.1. The van der Waals surface area contributed by atoms with Crippen molar-refractivity contribution in [2.45, 2.75) is 39.9 Å². The molecule has 21 heavy (non-hydrogen) atoms. The molecule has 0 saturated heterocycles. The van der Waals surface area contributed by atoms with Crippen LogP contribution >= 0.6 is 0 Å². The standard InChI is InChI=1S/C19H26N2/c1-15(2)20-13-17-9-11-18(12-10-17)14-21(4)19-8-6-5-7-16(19)3/h5-12,15,20H,13-14H2,1-4H3. The van der Waals surface area contributed by atoms with Crippen LogP contribution < -0.4 is 10.2 Å². The Bertz CT molecular complexity index is 558. The molecule has 0 aliphatic carbocycles. The fourth-order valence-electron chi connectivity index (χ4n) is 2.44. The van der Waals surface area contributed by atoms with E-state index in [9.17, 15) is 0 Å². The Morgan fingerprint density at radius 2 is 1.57 bits per heavy atom. The maximum absolute atomic E-state index is 3.44. The number of para-hydroxylation sites is 1. The molecule has 112 valence electrons. The third-order valence-electron chi connectivity index (χ3n) is 3.68. The van der Waals surface area contributed by atoms with Gasteiger partial charge in [0, 0.05) is 31.9 Å². The summed E-state index contributed by atoms with van der Waals surface area (Å²) in [6.45, 7) is 8.37. The molecular weight excluding hydrogens is 256 g/mol. The number of aryl methyl sites for hydroxylation is 1. The average molecular weight is 282 g/mol. The molecule has 0 heterocycles. The zero-order chi connectivity index (χ0) is 15.2. The summed E-state index contributed by atoms with van der Waals surface area (Å²) < 4.78 is 0. The van der Waals surface area contributed by atoms with E-state index in [1.165, 1.54) is 22.4 Å². The van der Waals surface area contributed by atoms with Crippen molar-refractivity contribution in [2.24, 2.45) is 0 Å². The highest BCUT2D eigenvalue weighted by Gasteiger charge is 2.04. The minimum absolute atomic E-state index is 0.525. The summed E-state index contributed by atoms with van der Waals surface area (Å²) in [7, 11) is 2.15. The van der Waals surface area contributed by atoms with E-state index in [2.05, 4.69) is 86.6 Å². The van der Waals surface area contributed by atoms with Gasteiger partial charge in [-0.05, 0) is 29.7 Å². The SMILES string of the molecule is Cc1ccccc1N(C)Cc1ccc(CNC(C)C)cc1. The van der Waals surface area contributed by atoms with E-state index in [0.717, 1.165) is 13.1 Å². The zero-order valence-electron chi connectivity index (χ0n) is 13.6. The molecule has 0 amide bonds. The Morgan fingerprint density at radius 3 is 2.19 bits per heavy atom. The molecule has 0 atom stereocenters. The predicted molar refractivity (Wildman–Crippen MR) is 91.7 cm³/mol. The molecule has 0 aliphatic heterocycles. The van der Waals surface area contributed by atoms with Gasteiger partial charge in [0.25, 0.3) is 0 Å². The second-order valence-electron chi connectivity index (χ2n) is 5.99. The molecular formula is C19H26N2. The molecule has 2 aromatic carbocycles. The van der Waals surface area contributed by atoms with Crippen molar-refractivity contribution >= 4 is 5.69 Å². The highest BCUT2D eigenvalue weighted by molar-refractivity contribution is 5.52. The van der Waals surface area contributed by atoms with Crippen molar-refractivity contribution < 1.29 is 0 Å². The fraction of sp³-hybridized carbons (Fsp3) is 0.368. The quantitative estimate of drug-likeness (QED) is 0.857. The topological polar surface area (TPSA) is 15.3 Å². The molecule has 2 nitrogen and oxygen atoms in total. The summed E-state index contributed by atoms with van der Waals surface area (Å²) in [5.41, 5.74) is 5.29. The van der Waals surface area contributed by atoms with Gasteiger partial charge in [-0.1, -0.05) is 56.3 Å². The van der Waals surface area contributed by atoms with E-state index in [1.54, 1.807) is 0 Å². The van der Waals surface area contributed by atoms with E-state index in [-0.39, 0.29) is 0 Å². The van der Waals surface area contributed by atoms with Gasteiger partial charge < -0.3 is 10.2 Å². The first kappa shape index (κ1) is 15.6. The Hall–Kier alpha value is -1.80. The summed E-state index contributed by atoms with van der Waals surface area (Å²) in [6, 6.07) is 17.9. The molecule has 0 aromatic heterocycles. The Balaban J connectivity index is 1.98. The molecule has 2 aromatic rings. The Morgan fingerprint density at radius 1 is 0.952 bits per heavy atom. The highest BCUT2D eigenvalue weighted by atomic mass is 15.1. The highest BCUT2D eigenvalue weighted by Crippen LogP contribution is 2.20. The van der Waals surface area contributed by atoms with E-state index >= 15 is 0 Å². The number of anilines is 1. The molecule has 0 aliphatic rings. The minimum Gasteiger partial charge on any atom is -0.370 e. The fourth-order valence-corrected chi connectivity index (χ4v) is 2.44. The van der Waals surface area contributed by atoms with Gasteiger partial charge in [0.05, 0.1) is 0 Å². The van der Waals surface area contributed by atoms with E-state index in [1.807, 2.05) is 0 Å². The van der Waals surface area contributed by atoms with Gasteiger partial charge in [0.2, 0.25) is 0 Å². The van der Waals surface area contributed by atoms with Crippen LogP contribution in [0.5, 0.6) is 0 Å². The average Bonchev–Trinajstić information content (AvgIpc) is 2.47. The summed E-state index contributed by atoms with van der Waals surface area (Å²) in [5, 5.41) is 3.44. The van der Waals surface area contributed by atoms with E-state index < -0.39 is 0 Å². The third kappa shape index (κ3) is 4.61. The lowest BCUT2D eigenvalue weighted by Gasteiger charge is -2.21. The monoisotopic (exact) mass is 282 g/mol. The Labute approximate surface area is 128 Å². The molecule has 0 bridgehead atoms. The van der Waals surface area contributed by atoms with E-state index in [4.69, 9.17) is 0 Å². The maximum Gasteiger partial charge on any atom is 0.0426 e. The van der Waals surface area contributed by atoms with Gasteiger partial charge in [-0.3, -0.25) is 0 Å². The first-order valence-corrected chi connectivity index (χ1v) is 7.64. The maximum atomic E-state index is 3.44. The van der Waals surface area contributed by atoms with Crippen LogP contribution in [0.25, 0.3) is 0 Å². The van der Waals surface area contributed by atoms with Gasteiger partial charge in [0.15, 0.2) is 0 Å². The van der Waals surface area contributed by atoms with Crippen LogP contribution in [0.1, 0.15) is 30.5 Å². The number of hydrogen-bond acceptors (Lipinski definition) is 2. The molecule has 0 fully saturated rings. The summed E-state index contributed by atoms with van der Waals surface area (Å²) in [4.78, 5) is 2.30. The van der Waals surface area contributed by atoms with Crippen LogP contribution in [0.15, 0.2) is 48.5 Å². The molecule has 0 unspecified atom stereocenters. The first-order valence-electron chi connectivity index (χ1n) is 7.64. The van der Waals surface area contributed by atoms with Crippen molar-refractivity contribution in [1.82, 2.24) is 5.32 Å². The van der Waals surface area contributed by atoms with Gasteiger partial charge in [-0.15, -0.1) is 0 Å². The van der Waals surface area contributed by atoms with Crippen molar-refractivity contribution in [3.63, 3.8) is 0 Å².